The molecule has 0 bridgehead atoms. The van der Waals surface area contributed by atoms with Gasteiger partial charge in [-0.05, 0) is 60.8 Å². The monoisotopic (exact) mass is 454 g/mol. The zero-order valence-corrected chi connectivity index (χ0v) is 21.8. The third-order valence-corrected chi connectivity index (χ3v) is 5.79. The zero-order chi connectivity index (χ0) is 24.1. The van der Waals surface area contributed by atoms with Crippen molar-refractivity contribution in [2.45, 2.75) is 79.1 Å². The Morgan fingerprint density at radius 2 is 1.00 bits per heavy atom. The van der Waals surface area contributed by atoms with E-state index in [9.17, 15) is 0 Å². The van der Waals surface area contributed by atoms with E-state index in [2.05, 4.69) is 90.1 Å². The maximum atomic E-state index is 6.48. The average Bonchev–Trinajstić information content (AvgIpc) is 2.80. The Kier molecular flexibility index (Phi) is 12.4. The summed E-state index contributed by atoms with van der Waals surface area (Å²) >= 11 is 0. The maximum absolute atomic E-state index is 6.48. The van der Waals surface area contributed by atoms with Gasteiger partial charge in [0.15, 0.2) is 0 Å². The van der Waals surface area contributed by atoms with Gasteiger partial charge in [0.2, 0.25) is 0 Å². The van der Waals surface area contributed by atoms with Gasteiger partial charge in [0, 0.05) is 11.8 Å². The Morgan fingerprint density at radius 1 is 0.606 bits per heavy atom. The first-order chi connectivity index (χ1) is 16.0. The van der Waals surface area contributed by atoms with Crippen molar-refractivity contribution in [2.75, 3.05) is 26.4 Å². The summed E-state index contributed by atoms with van der Waals surface area (Å²) in [5.74, 6) is 3.84. The lowest BCUT2D eigenvalue weighted by Gasteiger charge is -2.25. The molecule has 2 aromatic carbocycles. The van der Waals surface area contributed by atoms with Crippen LogP contribution in [0.4, 0.5) is 0 Å². The molecule has 0 saturated heterocycles. The van der Waals surface area contributed by atoms with Crippen LogP contribution in [0.3, 0.4) is 0 Å². The molecule has 2 atom stereocenters. The van der Waals surface area contributed by atoms with Gasteiger partial charge in [0.05, 0.1) is 26.4 Å². The highest BCUT2D eigenvalue weighted by Gasteiger charge is 2.22. The molecule has 0 aliphatic heterocycles. The Bertz CT molecular complexity index is 718. The molecule has 0 saturated carbocycles. The van der Waals surface area contributed by atoms with Crippen LogP contribution in [0, 0.1) is 11.8 Å². The molecule has 0 aliphatic rings. The van der Waals surface area contributed by atoms with Crippen molar-refractivity contribution in [2.24, 2.45) is 11.8 Å². The Balaban J connectivity index is 2.16. The first-order valence-electron chi connectivity index (χ1n) is 13.0. The molecule has 0 aliphatic carbocycles. The van der Waals surface area contributed by atoms with Crippen LogP contribution in [-0.4, -0.2) is 26.4 Å². The number of rotatable bonds is 16. The van der Waals surface area contributed by atoms with E-state index >= 15 is 0 Å². The first kappa shape index (κ1) is 27.2. The highest BCUT2D eigenvalue weighted by Crippen LogP contribution is 2.34. The molecule has 0 amide bonds. The molecule has 0 spiro atoms. The summed E-state index contributed by atoms with van der Waals surface area (Å²) in [6.45, 7) is 16.3. The van der Waals surface area contributed by atoms with E-state index in [1.807, 2.05) is 0 Å². The summed E-state index contributed by atoms with van der Waals surface area (Å²) in [7, 11) is 0. The fourth-order valence-corrected chi connectivity index (χ4v) is 4.38. The fraction of sp³-hybridized carbons (Fsp3) is 0.600. The SMILES string of the molecule is CCCOc1ccccc1C(COCC(CC(C)C)c1ccccc1OCCC)CC(C)C. The van der Waals surface area contributed by atoms with E-state index in [-0.39, 0.29) is 0 Å². The Morgan fingerprint density at radius 3 is 1.36 bits per heavy atom. The number of hydrogen-bond donors (Lipinski definition) is 0. The van der Waals surface area contributed by atoms with E-state index in [1.165, 1.54) is 11.1 Å². The molecule has 0 heterocycles. The van der Waals surface area contributed by atoms with Crippen LogP contribution in [-0.2, 0) is 4.74 Å². The predicted octanol–water partition coefficient (Wildman–Crippen LogP) is 8.24. The lowest BCUT2D eigenvalue weighted by molar-refractivity contribution is 0.0951. The van der Waals surface area contributed by atoms with Crippen molar-refractivity contribution in [3.05, 3.63) is 59.7 Å². The van der Waals surface area contributed by atoms with Crippen molar-refractivity contribution in [3.8, 4) is 11.5 Å². The van der Waals surface area contributed by atoms with Gasteiger partial charge >= 0.3 is 0 Å². The van der Waals surface area contributed by atoms with Crippen LogP contribution in [0.25, 0.3) is 0 Å². The van der Waals surface area contributed by atoms with Gasteiger partial charge in [0.25, 0.3) is 0 Å². The average molecular weight is 455 g/mol. The lowest BCUT2D eigenvalue weighted by Crippen LogP contribution is -2.17. The molecular formula is C30H46O3. The van der Waals surface area contributed by atoms with E-state index < -0.39 is 0 Å². The van der Waals surface area contributed by atoms with Gasteiger partial charge in [-0.25, -0.2) is 0 Å². The normalized spacial score (nSPS) is 13.3. The molecule has 2 rings (SSSR count). The van der Waals surface area contributed by atoms with Gasteiger partial charge in [0.1, 0.15) is 11.5 Å². The van der Waals surface area contributed by atoms with E-state index in [0.717, 1.165) is 50.4 Å². The summed E-state index contributed by atoms with van der Waals surface area (Å²) in [5.41, 5.74) is 2.54. The van der Waals surface area contributed by atoms with Crippen molar-refractivity contribution < 1.29 is 14.2 Å². The molecule has 0 fully saturated rings. The molecule has 2 unspecified atom stereocenters. The molecule has 2 aromatic rings. The largest absolute Gasteiger partial charge is 0.493 e. The van der Waals surface area contributed by atoms with E-state index in [0.29, 0.717) is 36.9 Å². The second-order valence-corrected chi connectivity index (χ2v) is 9.96. The smallest absolute Gasteiger partial charge is 0.122 e. The van der Waals surface area contributed by atoms with Crippen molar-refractivity contribution >= 4 is 0 Å². The molecule has 33 heavy (non-hydrogen) atoms. The predicted molar refractivity (Wildman–Crippen MR) is 140 cm³/mol. The summed E-state index contributed by atoms with van der Waals surface area (Å²) in [4.78, 5) is 0. The minimum absolute atomic E-state index is 0.323. The second-order valence-electron chi connectivity index (χ2n) is 9.96. The molecule has 0 N–H and O–H groups in total. The second kappa shape index (κ2) is 15.0. The topological polar surface area (TPSA) is 27.7 Å². The third kappa shape index (κ3) is 9.41. The van der Waals surface area contributed by atoms with Crippen molar-refractivity contribution in [1.82, 2.24) is 0 Å². The lowest BCUT2D eigenvalue weighted by atomic mass is 9.89. The van der Waals surface area contributed by atoms with Crippen LogP contribution in [0.2, 0.25) is 0 Å². The Labute approximate surface area is 202 Å². The van der Waals surface area contributed by atoms with Crippen LogP contribution in [0.15, 0.2) is 48.5 Å². The molecule has 184 valence electrons. The van der Waals surface area contributed by atoms with Crippen LogP contribution < -0.4 is 9.47 Å². The molecule has 0 aromatic heterocycles. The summed E-state index contributed by atoms with van der Waals surface area (Å²) in [6, 6.07) is 17.0. The van der Waals surface area contributed by atoms with Gasteiger partial charge in [-0.1, -0.05) is 77.9 Å². The van der Waals surface area contributed by atoms with E-state index in [4.69, 9.17) is 14.2 Å². The molecule has 3 nitrogen and oxygen atoms in total. The highest BCUT2D eigenvalue weighted by atomic mass is 16.5. The number of hydrogen-bond acceptors (Lipinski definition) is 3. The van der Waals surface area contributed by atoms with Gasteiger partial charge in [-0.2, -0.15) is 0 Å². The minimum atomic E-state index is 0.323. The quantitative estimate of drug-likeness (QED) is 0.255. The number of para-hydroxylation sites is 2. The zero-order valence-electron chi connectivity index (χ0n) is 21.8. The summed E-state index contributed by atoms with van der Waals surface area (Å²) < 4.78 is 18.6. The number of benzene rings is 2. The molecule has 0 radical (unpaired) electrons. The standard InChI is InChI=1S/C30H46O3/c1-7-17-32-29-15-11-9-13-27(29)25(19-23(3)4)21-31-22-26(20-24(5)6)28-14-10-12-16-30(28)33-18-8-2/h9-16,23-26H,7-8,17-22H2,1-6H3. The summed E-state index contributed by atoms with van der Waals surface area (Å²) in [6.07, 6.45) is 4.18. The van der Waals surface area contributed by atoms with Crippen molar-refractivity contribution in [1.29, 1.82) is 0 Å². The van der Waals surface area contributed by atoms with Crippen LogP contribution in [0.5, 0.6) is 11.5 Å². The van der Waals surface area contributed by atoms with Crippen LogP contribution >= 0.6 is 0 Å². The Hall–Kier alpha value is -2.00. The first-order valence-corrected chi connectivity index (χ1v) is 13.0. The van der Waals surface area contributed by atoms with Gasteiger partial charge in [-0.15, -0.1) is 0 Å². The fourth-order valence-electron chi connectivity index (χ4n) is 4.38. The minimum Gasteiger partial charge on any atom is -0.493 e. The van der Waals surface area contributed by atoms with Gasteiger partial charge in [-0.3, -0.25) is 0 Å². The number of ether oxygens (including phenoxy) is 3. The maximum Gasteiger partial charge on any atom is 0.122 e. The van der Waals surface area contributed by atoms with Crippen molar-refractivity contribution in [3.63, 3.8) is 0 Å². The highest BCUT2D eigenvalue weighted by molar-refractivity contribution is 5.37. The summed E-state index contributed by atoms with van der Waals surface area (Å²) in [5, 5.41) is 0. The third-order valence-electron chi connectivity index (χ3n) is 5.79. The molecule has 3 heteroatoms. The van der Waals surface area contributed by atoms with E-state index in [1.54, 1.807) is 0 Å². The van der Waals surface area contributed by atoms with Gasteiger partial charge < -0.3 is 14.2 Å². The van der Waals surface area contributed by atoms with Crippen LogP contribution in [0.1, 0.15) is 90.2 Å². The molecular weight excluding hydrogens is 408 g/mol.